The summed E-state index contributed by atoms with van der Waals surface area (Å²) in [5.41, 5.74) is 5.90. The standard InChI is InChI=1S/C12H24N2O/c1-4-7-14(3)12(15)11-6-5-10(13)8-9(11)2/h9-11H,4-8,13H2,1-3H3. The van der Waals surface area contributed by atoms with Gasteiger partial charge in [-0.05, 0) is 31.6 Å². The molecule has 88 valence electrons. The van der Waals surface area contributed by atoms with E-state index in [1.807, 2.05) is 11.9 Å². The number of hydrogen-bond acceptors (Lipinski definition) is 2. The van der Waals surface area contributed by atoms with Crippen LogP contribution in [0.1, 0.15) is 39.5 Å². The van der Waals surface area contributed by atoms with Crippen LogP contribution in [0, 0.1) is 11.8 Å². The third kappa shape index (κ3) is 3.20. The van der Waals surface area contributed by atoms with Crippen molar-refractivity contribution >= 4 is 5.91 Å². The highest BCUT2D eigenvalue weighted by molar-refractivity contribution is 5.79. The first-order chi connectivity index (χ1) is 7.06. The van der Waals surface area contributed by atoms with Crippen LogP contribution in [0.4, 0.5) is 0 Å². The van der Waals surface area contributed by atoms with Crippen molar-refractivity contribution in [2.75, 3.05) is 13.6 Å². The summed E-state index contributed by atoms with van der Waals surface area (Å²) in [6.07, 6.45) is 4.00. The Balaban J connectivity index is 2.52. The monoisotopic (exact) mass is 212 g/mol. The molecule has 0 aromatic carbocycles. The fourth-order valence-corrected chi connectivity index (χ4v) is 2.53. The second kappa shape index (κ2) is 5.50. The maximum absolute atomic E-state index is 12.1. The summed E-state index contributed by atoms with van der Waals surface area (Å²) in [5.74, 6) is 0.971. The third-order valence-electron chi connectivity index (χ3n) is 3.46. The van der Waals surface area contributed by atoms with Gasteiger partial charge in [0, 0.05) is 25.6 Å². The lowest BCUT2D eigenvalue weighted by Gasteiger charge is -2.33. The number of hydrogen-bond donors (Lipinski definition) is 1. The van der Waals surface area contributed by atoms with E-state index in [0.29, 0.717) is 17.9 Å². The first-order valence-electron chi connectivity index (χ1n) is 6.06. The Morgan fingerprint density at radius 1 is 1.47 bits per heavy atom. The molecule has 1 fully saturated rings. The quantitative estimate of drug-likeness (QED) is 0.772. The van der Waals surface area contributed by atoms with Gasteiger partial charge >= 0.3 is 0 Å². The van der Waals surface area contributed by atoms with E-state index in [0.717, 1.165) is 32.2 Å². The SMILES string of the molecule is CCCN(C)C(=O)C1CCC(N)CC1C. The van der Waals surface area contributed by atoms with Gasteiger partial charge in [0.05, 0.1) is 0 Å². The van der Waals surface area contributed by atoms with Crippen molar-refractivity contribution in [1.82, 2.24) is 4.90 Å². The minimum Gasteiger partial charge on any atom is -0.346 e. The highest BCUT2D eigenvalue weighted by Gasteiger charge is 2.32. The molecule has 0 bridgehead atoms. The smallest absolute Gasteiger partial charge is 0.225 e. The number of carbonyl (C=O) groups excluding carboxylic acids is 1. The maximum atomic E-state index is 12.1. The van der Waals surface area contributed by atoms with Gasteiger partial charge in [0.25, 0.3) is 0 Å². The molecule has 3 unspecified atom stereocenters. The lowest BCUT2D eigenvalue weighted by Crippen LogP contribution is -2.41. The highest BCUT2D eigenvalue weighted by atomic mass is 16.2. The minimum absolute atomic E-state index is 0.210. The van der Waals surface area contributed by atoms with Crippen molar-refractivity contribution in [3.8, 4) is 0 Å². The summed E-state index contributed by atoms with van der Waals surface area (Å²) in [7, 11) is 1.91. The summed E-state index contributed by atoms with van der Waals surface area (Å²) in [4.78, 5) is 14.0. The van der Waals surface area contributed by atoms with Crippen LogP contribution in [0.25, 0.3) is 0 Å². The van der Waals surface area contributed by atoms with E-state index in [2.05, 4.69) is 13.8 Å². The molecule has 0 aromatic rings. The van der Waals surface area contributed by atoms with E-state index in [-0.39, 0.29) is 5.92 Å². The lowest BCUT2D eigenvalue weighted by atomic mass is 9.77. The number of nitrogens with two attached hydrogens (primary N) is 1. The molecule has 0 heterocycles. The Kier molecular flexibility index (Phi) is 4.58. The second-order valence-corrected chi connectivity index (χ2v) is 4.92. The van der Waals surface area contributed by atoms with Gasteiger partial charge in [-0.2, -0.15) is 0 Å². The Labute approximate surface area is 93.0 Å². The molecule has 1 rings (SSSR count). The van der Waals surface area contributed by atoms with Crippen LogP contribution >= 0.6 is 0 Å². The lowest BCUT2D eigenvalue weighted by molar-refractivity contribution is -0.137. The van der Waals surface area contributed by atoms with Crippen LogP contribution in [0.5, 0.6) is 0 Å². The van der Waals surface area contributed by atoms with E-state index in [1.165, 1.54) is 0 Å². The van der Waals surface area contributed by atoms with Crippen LogP contribution < -0.4 is 5.73 Å². The van der Waals surface area contributed by atoms with Crippen molar-refractivity contribution in [3.63, 3.8) is 0 Å². The number of carbonyl (C=O) groups is 1. The van der Waals surface area contributed by atoms with Crippen molar-refractivity contribution in [2.45, 2.75) is 45.6 Å². The molecule has 1 amide bonds. The molecule has 0 saturated heterocycles. The molecule has 0 spiro atoms. The zero-order valence-corrected chi connectivity index (χ0v) is 10.2. The molecule has 0 aliphatic heterocycles. The van der Waals surface area contributed by atoms with Gasteiger partial charge in [-0.25, -0.2) is 0 Å². The molecular formula is C12H24N2O. The van der Waals surface area contributed by atoms with E-state index in [1.54, 1.807) is 0 Å². The summed E-state index contributed by atoms with van der Waals surface area (Å²) >= 11 is 0. The molecule has 0 radical (unpaired) electrons. The molecule has 1 saturated carbocycles. The fraction of sp³-hybridized carbons (Fsp3) is 0.917. The molecule has 1 aliphatic rings. The number of amides is 1. The van der Waals surface area contributed by atoms with Gasteiger partial charge in [-0.15, -0.1) is 0 Å². The number of nitrogens with zero attached hydrogens (tertiary/aromatic N) is 1. The van der Waals surface area contributed by atoms with E-state index in [9.17, 15) is 4.79 Å². The normalized spacial score (nSPS) is 31.3. The fourth-order valence-electron chi connectivity index (χ4n) is 2.53. The summed E-state index contributed by atoms with van der Waals surface area (Å²) < 4.78 is 0. The average Bonchev–Trinajstić information content (AvgIpc) is 2.17. The van der Waals surface area contributed by atoms with Gasteiger partial charge in [0.15, 0.2) is 0 Å². The van der Waals surface area contributed by atoms with E-state index < -0.39 is 0 Å². The molecular weight excluding hydrogens is 188 g/mol. The molecule has 3 atom stereocenters. The zero-order chi connectivity index (χ0) is 11.4. The Hall–Kier alpha value is -0.570. The van der Waals surface area contributed by atoms with Crippen LogP contribution in [-0.2, 0) is 4.79 Å². The average molecular weight is 212 g/mol. The summed E-state index contributed by atoms with van der Waals surface area (Å²) in [6, 6.07) is 0.306. The van der Waals surface area contributed by atoms with Crippen LogP contribution in [-0.4, -0.2) is 30.4 Å². The highest BCUT2D eigenvalue weighted by Crippen LogP contribution is 2.30. The van der Waals surface area contributed by atoms with Gasteiger partial charge in [-0.3, -0.25) is 4.79 Å². The van der Waals surface area contributed by atoms with Crippen molar-refractivity contribution in [1.29, 1.82) is 0 Å². The van der Waals surface area contributed by atoms with Crippen LogP contribution in [0.15, 0.2) is 0 Å². The minimum atomic E-state index is 0.210. The molecule has 3 nitrogen and oxygen atoms in total. The number of rotatable bonds is 3. The summed E-state index contributed by atoms with van der Waals surface area (Å²) in [6.45, 7) is 5.12. The molecule has 2 N–H and O–H groups in total. The Morgan fingerprint density at radius 3 is 2.67 bits per heavy atom. The molecule has 0 aromatic heterocycles. The van der Waals surface area contributed by atoms with Crippen LogP contribution in [0.3, 0.4) is 0 Å². The summed E-state index contributed by atoms with van der Waals surface area (Å²) in [5, 5.41) is 0. The zero-order valence-electron chi connectivity index (χ0n) is 10.2. The van der Waals surface area contributed by atoms with Gasteiger partial charge < -0.3 is 10.6 Å². The molecule has 1 aliphatic carbocycles. The predicted molar refractivity (Wildman–Crippen MR) is 62.4 cm³/mol. The first kappa shape index (κ1) is 12.5. The Bertz CT molecular complexity index is 218. The first-order valence-corrected chi connectivity index (χ1v) is 6.06. The predicted octanol–water partition coefficient (Wildman–Crippen LogP) is 1.62. The van der Waals surface area contributed by atoms with Gasteiger partial charge in [-0.1, -0.05) is 13.8 Å². The van der Waals surface area contributed by atoms with Crippen molar-refractivity contribution in [3.05, 3.63) is 0 Å². The van der Waals surface area contributed by atoms with Gasteiger partial charge in [0.2, 0.25) is 5.91 Å². The largest absolute Gasteiger partial charge is 0.346 e. The van der Waals surface area contributed by atoms with Crippen molar-refractivity contribution in [2.24, 2.45) is 17.6 Å². The molecule has 3 heteroatoms. The van der Waals surface area contributed by atoms with Crippen LogP contribution in [0.2, 0.25) is 0 Å². The Morgan fingerprint density at radius 2 is 2.13 bits per heavy atom. The van der Waals surface area contributed by atoms with Gasteiger partial charge in [0.1, 0.15) is 0 Å². The third-order valence-corrected chi connectivity index (χ3v) is 3.46. The maximum Gasteiger partial charge on any atom is 0.225 e. The molecule has 15 heavy (non-hydrogen) atoms. The topological polar surface area (TPSA) is 46.3 Å². The second-order valence-electron chi connectivity index (χ2n) is 4.92. The van der Waals surface area contributed by atoms with Crippen molar-refractivity contribution < 1.29 is 4.79 Å². The van der Waals surface area contributed by atoms with E-state index in [4.69, 9.17) is 5.73 Å². The van der Waals surface area contributed by atoms with E-state index >= 15 is 0 Å².